The van der Waals surface area contributed by atoms with Gasteiger partial charge in [0.15, 0.2) is 0 Å². The molecule has 0 aromatic rings. The summed E-state index contributed by atoms with van der Waals surface area (Å²) in [6, 6.07) is 0. The summed E-state index contributed by atoms with van der Waals surface area (Å²) in [4.78, 5) is 2.38. The first kappa shape index (κ1) is 16.4. The van der Waals surface area contributed by atoms with Crippen molar-refractivity contribution in [2.45, 2.75) is 64.4 Å². The van der Waals surface area contributed by atoms with Gasteiger partial charge in [-0.15, -0.1) is 0 Å². The quantitative estimate of drug-likeness (QED) is 0.364. The van der Waals surface area contributed by atoms with Crippen molar-refractivity contribution in [2.24, 2.45) is 5.73 Å². The molecule has 1 heterocycles. The molecule has 112 valence electrons. The molecule has 1 aliphatic rings. The van der Waals surface area contributed by atoms with Crippen LogP contribution in [0.15, 0.2) is 0 Å². The number of amidine groups is 1. The number of ether oxygens (including phenoxy) is 1. The second-order valence-electron chi connectivity index (χ2n) is 5.59. The average Bonchev–Trinajstić information content (AvgIpc) is 2.42. The number of rotatable bonds is 10. The van der Waals surface area contributed by atoms with Gasteiger partial charge in [-0.25, -0.2) is 0 Å². The normalized spacial score (nSPS) is 20.6. The van der Waals surface area contributed by atoms with Gasteiger partial charge in [0.25, 0.3) is 0 Å². The highest BCUT2D eigenvalue weighted by molar-refractivity contribution is 5.82. The summed E-state index contributed by atoms with van der Waals surface area (Å²) >= 11 is 0. The molecule has 1 aliphatic heterocycles. The van der Waals surface area contributed by atoms with E-state index in [1.807, 2.05) is 0 Å². The first-order valence-electron chi connectivity index (χ1n) is 7.92. The minimum Gasteiger partial charge on any atom is -0.385 e. The van der Waals surface area contributed by atoms with Gasteiger partial charge >= 0.3 is 0 Å². The largest absolute Gasteiger partial charge is 0.385 e. The Labute approximate surface area is 118 Å². The fraction of sp³-hybridized carbons (Fsp3) is 0.933. The van der Waals surface area contributed by atoms with E-state index >= 15 is 0 Å². The van der Waals surface area contributed by atoms with Crippen LogP contribution in [0.2, 0.25) is 0 Å². The van der Waals surface area contributed by atoms with Crippen LogP contribution in [0, 0.1) is 5.41 Å². The first-order chi connectivity index (χ1) is 9.24. The monoisotopic (exact) mass is 269 g/mol. The van der Waals surface area contributed by atoms with Crippen molar-refractivity contribution >= 4 is 5.84 Å². The van der Waals surface area contributed by atoms with Crippen LogP contribution in [0.25, 0.3) is 0 Å². The van der Waals surface area contributed by atoms with E-state index < -0.39 is 0 Å². The van der Waals surface area contributed by atoms with Crippen molar-refractivity contribution < 1.29 is 4.74 Å². The zero-order valence-electron chi connectivity index (χ0n) is 12.5. The molecule has 0 spiro atoms. The maximum absolute atomic E-state index is 7.43. The summed E-state index contributed by atoms with van der Waals surface area (Å²) in [5, 5.41) is 7.43. The first-order valence-corrected chi connectivity index (χ1v) is 7.92. The summed E-state index contributed by atoms with van der Waals surface area (Å²) in [5.41, 5.74) is 5.50. The number of hydrogen-bond donors (Lipinski definition) is 2. The molecule has 19 heavy (non-hydrogen) atoms. The Morgan fingerprint density at radius 3 is 2.42 bits per heavy atom. The predicted octanol–water partition coefficient (Wildman–Crippen LogP) is 2.76. The molecular formula is C15H31N3O. The molecule has 0 saturated carbocycles. The maximum atomic E-state index is 7.43. The van der Waals surface area contributed by atoms with E-state index in [1.54, 1.807) is 0 Å². The van der Waals surface area contributed by atoms with Crippen LogP contribution in [-0.2, 0) is 4.74 Å². The Kier molecular flexibility index (Phi) is 8.84. The fourth-order valence-electron chi connectivity index (χ4n) is 2.56. The summed E-state index contributed by atoms with van der Waals surface area (Å²) < 4.78 is 5.46. The Bertz CT molecular complexity index is 246. The van der Waals surface area contributed by atoms with Gasteiger partial charge in [-0.2, -0.15) is 0 Å². The summed E-state index contributed by atoms with van der Waals surface area (Å²) in [6.07, 6.45) is 10.7. The van der Waals surface area contributed by atoms with Gasteiger partial charge in [0.05, 0.1) is 6.61 Å². The van der Waals surface area contributed by atoms with E-state index in [-0.39, 0.29) is 11.9 Å². The van der Waals surface area contributed by atoms with Crippen molar-refractivity contribution in [3.05, 3.63) is 0 Å². The molecule has 4 nitrogen and oxygen atoms in total. The molecule has 3 N–H and O–H groups in total. The third kappa shape index (κ3) is 7.53. The molecule has 0 bridgehead atoms. The van der Waals surface area contributed by atoms with Crippen LogP contribution in [0.5, 0.6) is 0 Å². The highest BCUT2D eigenvalue weighted by Crippen LogP contribution is 2.10. The highest BCUT2D eigenvalue weighted by Gasteiger charge is 2.21. The summed E-state index contributed by atoms with van der Waals surface area (Å²) in [6.45, 7) is 5.88. The number of nitrogens with one attached hydrogen (secondary N) is 1. The van der Waals surface area contributed by atoms with Crippen LogP contribution < -0.4 is 5.73 Å². The van der Waals surface area contributed by atoms with Crippen LogP contribution >= 0.6 is 0 Å². The highest BCUT2D eigenvalue weighted by atomic mass is 16.5. The van der Waals surface area contributed by atoms with Crippen LogP contribution in [-0.4, -0.2) is 43.1 Å². The number of hydrogen-bond acceptors (Lipinski definition) is 3. The molecule has 0 amide bonds. The van der Waals surface area contributed by atoms with E-state index in [2.05, 4.69) is 11.8 Å². The number of morpholine rings is 1. The fourth-order valence-corrected chi connectivity index (χ4v) is 2.56. The summed E-state index contributed by atoms with van der Waals surface area (Å²) in [5.74, 6) is 0.167. The molecule has 1 fully saturated rings. The summed E-state index contributed by atoms with van der Waals surface area (Å²) in [7, 11) is 0. The van der Waals surface area contributed by atoms with Crippen LogP contribution in [0.3, 0.4) is 0 Å². The minimum atomic E-state index is -0.178. The van der Waals surface area contributed by atoms with E-state index in [0.29, 0.717) is 6.61 Å². The Morgan fingerprint density at radius 2 is 1.79 bits per heavy atom. The van der Waals surface area contributed by atoms with Gasteiger partial charge in [0, 0.05) is 13.1 Å². The van der Waals surface area contributed by atoms with Gasteiger partial charge in [-0.1, -0.05) is 51.9 Å². The van der Waals surface area contributed by atoms with Gasteiger partial charge in [0.2, 0.25) is 0 Å². The number of nitrogens with two attached hydrogens (primary N) is 1. The predicted molar refractivity (Wildman–Crippen MR) is 80.7 cm³/mol. The molecule has 1 rings (SSSR count). The zero-order valence-corrected chi connectivity index (χ0v) is 12.5. The topological polar surface area (TPSA) is 62.3 Å². The molecule has 4 heteroatoms. The SMILES string of the molecule is CCCCCCCCCCN1CCOC(C(=N)N)C1. The Balaban J connectivity index is 1.95. The van der Waals surface area contributed by atoms with Gasteiger partial charge in [0.1, 0.15) is 11.9 Å². The van der Waals surface area contributed by atoms with Crippen molar-refractivity contribution in [3.63, 3.8) is 0 Å². The molecule has 0 aromatic heterocycles. The van der Waals surface area contributed by atoms with E-state index in [1.165, 1.54) is 51.4 Å². The number of unbranched alkanes of at least 4 members (excludes halogenated alkanes) is 7. The molecule has 0 aliphatic carbocycles. The third-order valence-corrected chi connectivity index (χ3v) is 3.83. The van der Waals surface area contributed by atoms with Gasteiger partial charge in [-0.3, -0.25) is 10.3 Å². The molecule has 1 saturated heterocycles. The molecule has 0 radical (unpaired) electrons. The van der Waals surface area contributed by atoms with Crippen molar-refractivity contribution in [3.8, 4) is 0 Å². The molecule has 0 aromatic carbocycles. The lowest BCUT2D eigenvalue weighted by Gasteiger charge is -2.32. The lowest BCUT2D eigenvalue weighted by atomic mass is 10.1. The second-order valence-corrected chi connectivity index (χ2v) is 5.59. The van der Waals surface area contributed by atoms with E-state index in [9.17, 15) is 0 Å². The Hall–Kier alpha value is -0.610. The maximum Gasteiger partial charge on any atom is 0.127 e. The number of nitrogens with zero attached hydrogens (tertiary/aromatic N) is 1. The van der Waals surface area contributed by atoms with Crippen molar-refractivity contribution in [1.29, 1.82) is 5.41 Å². The van der Waals surface area contributed by atoms with Crippen molar-refractivity contribution in [2.75, 3.05) is 26.2 Å². The Morgan fingerprint density at radius 1 is 1.16 bits per heavy atom. The zero-order chi connectivity index (χ0) is 13.9. The van der Waals surface area contributed by atoms with Gasteiger partial charge in [-0.05, 0) is 13.0 Å². The average molecular weight is 269 g/mol. The van der Waals surface area contributed by atoms with Gasteiger partial charge < -0.3 is 10.5 Å². The lowest BCUT2D eigenvalue weighted by Crippen LogP contribution is -2.48. The standard InChI is InChI=1S/C15H31N3O/c1-2-3-4-5-6-7-8-9-10-18-11-12-19-14(13-18)15(16)17/h14H,2-13H2,1H3,(H3,16,17). The van der Waals surface area contributed by atoms with E-state index in [0.717, 1.165) is 19.6 Å². The van der Waals surface area contributed by atoms with Crippen LogP contribution in [0.4, 0.5) is 0 Å². The molecule has 1 unspecified atom stereocenters. The van der Waals surface area contributed by atoms with Crippen molar-refractivity contribution in [1.82, 2.24) is 4.90 Å². The smallest absolute Gasteiger partial charge is 0.127 e. The molecular weight excluding hydrogens is 238 g/mol. The van der Waals surface area contributed by atoms with E-state index in [4.69, 9.17) is 15.9 Å². The third-order valence-electron chi connectivity index (χ3n) is 3.83. The van der Waals surface area contributed by atoms with Crippen LogP contribution in [0.1, 0.15) is 58.3 Å². The lowest BCUT2D eigenvalue weighted by molar-refractivity contribution is 0.00511. The molecule has 1 atom stereocenters. The minimum absolute atomic E-state index is 0.167. The second kappa shape index (κ2) is 10.2.